The summed E-state index contributed by atoms with van der Waals surface area (Å²) in [7, 11) is -1.56. The van der Waals surface area contributed by atoms with Crippen molar-refractivity contribution >= 4 is 121 Å². The fourth-order valence-corrected chi connectivity index (χ4v) is 12.1. The normalized spacial score (nSPS) is 14.4. The van der Waals surface area contributed by atoms with Crippen LogP contribution < -0.4 is 0 Å². The summed E-state index contributed by atoms with van der Waals surface area (Å²) in [5.74, 6) is 0. The number of hydrogen-bond acceptors (Lipinski definition) is 2. The highest BCUT2D eigenvalue weighted by molar-refractivity contribution is 7.84. The van der Waals surface area contributed by atoms with Crippen LogP contribution in [0.5, 0.6) is 0 Å². The molecule has 7 heteroatoms. The Morgan fingerprint density at radius 1 is 0.429 bits per heavy atom. The number of benzene rings is 8. The van der Waals surface area contributed by atoms with Crippen LogP contribution in [0, 0.1) is 4.64 Å². The highest BCUT2D eigenvalue weighted by atomic mass is 32.2. The molecule has 13 aromatic rings. The molecule has 1 aliphatic heterocycles. The summed E-state index contributed by atoms with van der Waals surface area (Å²) in [5, 5.41) is 10.2. The van der Waals surface area contributed by atoms with Crippen LogP contribution in [0.1, 0.15) is 0 Å². The fourth-order valence-electron chi connectivity index (χ4n) is 10.2. The van der Waals surface area contributed by atoms with Crippen molar-refractivity contribution in [3.63, 3.8) is 0 Å². The van der Waals surface area contributed by atoms with Gasteiger partial charge in [-0.2, -0.15) is 0 Å². The van der Waals surface area contributed by atoms with Gasteiger partial charge in [0, 0.05) is 48.5 Å². The Labute approximate surface area is 325 Å². The summed E-state index contributed by atoms with van der Waals surface area (Å²) in [6.45, 7) is 0. The van der Waals surface area contributed by atoms with Gasteiger partial charge in [0.2, 0.25) is 0 Å². The lowest BCUT2D eigenvalue weighted by atomic mass is 9.96. The Bertz CT molecular complexity index is 4050. The minimum atomic E-state index is -1.56. The minimum Gasteiger partial charge on any atom is -0.306 e. The van der Waals surface area contributed by atoms with E-state index in [-0.39, 0.29) is 0 Å². The lowest BCUT2D eigenvalue weighted by molar-refractivity contribution is 0.679. The van der Waals surface area contributed by atoms with Gasteiger partial charge in [-0.05, 0) is 65.7 Å². The molecule has 0 spiro atoms. The van der Waals surface area contributed by atoms with Gasteiger partial charge in [0.15, 0.2) is 11.0 Å². The molecule has 0 N–H and O–H groups in total. The smallest absolute Gasteiger partial charge is 0.159 e. The third-order valence-corrected chi connectivity index (χ3v) is 14.3. The van der Waals surface area contributed by atoms with E-state index in [2.05, 4.69) is 169 Å². The lowest BCUT2D eigenvalue weighted by Crippen LogP contribution is -2.06. The highest BCUT2D eigenvalue weighted by Gasteiger charge is 2.30. The first-order valence-corrected chi connectivity index (χ1v) is 20.3. The summed E-state index contributed by atoms with van der Waals surface area (Å²) in [6.07, 6.45) is 0. The van der Waals surface area contributed by atoms with Gasteiger partial charge in [-0.25, -0.2) is 4.21 Å². The van der Waals surface area contributed by atoms with E-state index in [1.807, 2.05) is 6.07 Å². The lowest BCUT2D eigenvalue weighted by Gasteiger charge is -2.14. The molecule has 1 atom stereocenters. The van der Waals surface area contributed by atoms with Gasteiger partial charge in [-0.3, -0.25) is 8.37 Å². The quantitative estimate of drug-likeness (QED) is 0.157. The molecule has 1 unspecified atom stereocenters. The molecule has 8 aromatic carbocycles. The van der Waals surface area contributed by atoms with E-state index in [1.165, 1.54) is 10.8 Å². The summed E-state index contributed by atoms with van der Waals surface area (Å²) in [4.78, 5) is 0.774. The maximum atomic E-state index is 15.5. The van der Waals surface area contributed by atoms with Gasteiger partial charge in [0.25, 0.3) is 0 Å². The Kier molecular flexibility index (Phi) is 5.32. The highest BCUT2D eigenvalue weighted by Crippen LogP contribution is 2.48. The third-order valence-electron chi connectivity index (χ3n) is 12.4. The second kappa shape index (κ2) is 10.1. The van der Waals surface area contributed by atoms with Gasteiger partial charge in [0.1, 0.15) is 4.64 Å². The van der Waals surface area contributed by atoms with Crippen LogP contribution >= 0.6 is 12.2 Å². The van der Waals surface area contributed by atoms with Crippen LogP contribution in [0.25, 0.3) is 115 Å². The van der Waals surface area contributed by atoms with Gasteiger partial charge in [-0.1, -0.05) is 115 Å². The zero-order valence-electron chi connectivity index (χ0n) is 29.5. The van der Waals surface area contributed by atoms with E-state index in [0.717, 1.165) is 114 Å². The predicted octanol–water partition coefficient (Wildman–Crippen LogP) is 12.7. The number of fused-ring (bicyclic) bond motifs is 16. The van der Waals surface area contributed by atoms with Crippen LogP contribution in [-0.2, 0) is 11.0 Å². The molecule has 5 nitrogen and oxygen atoms in total. The zero-order valence-corrected chi connectivity index (χ0v) is 31.2. The van der Waals surface area contributed by atoms with Gasteiger partial charge in [-0.15, -0.1) is 0 Å². The molecule has 0 saturated heterocycles. The van der Waals surface area contributed by atoms with Crippen molar-refractivity contribution in [1.29, 1.82) is 0 Å². The van der Waals surface area contributed by atoms with Crippen molar-refractivity contribution in [2.45, 2.75) is 4.90 Å². The van der Waals surface area contributed by atoms with E-state index >= 15 is 4.21 Å². The van der Waals surface area contributed by atoms with Crippen molar-refractivity contribution in [3.05, 3.63) is 162 Å². The number of para-hydroxylation sites is 5. The fraction of sp³-hybridized carbons (Fsp3) is 0. The summed E-state index contributed by atoms with van der Waals surface area (Å²) < 4.78 is 25.4. The molecule has 0 radical (unpaired) electrons. The van der Waals surface area contributed by atoms with E-state index in [9.17, 15) is 0 Å². The van der Waals surface area contributed by atoms with E-state index in [4.69, 9.17) is 12.2 Å². The molecular weight excluding hydrogens is 725 g/mol. The van der Waals surface area contributed by atoms with Gasteiger partial charge < -0.3 is 8.97 Å². The summed E-state index contributed by atoms with van der Waals surface area (Å²) in [6, 6.07) is 56.2. The molecule has 6 heterocycles. The standard InChI is InChI=1S/C49H26N4OS2/c54-56-43-25-27(21-24-42(43)51-37-16-6-1-11-28(37)31-22-23-32-29-12-3-10-20-41(29)53(56)47(32)45(31)51)35-26-36-30-13-2-7-17-38(30)50-40-19-9-5-15-34(40)49(55)52-39-18-8-4-14-33(39)44(35)48(52)46(36)50/h1-26H. The second-order valence-electron chi connectivity index (χ2n) is 15.0. The van der Waals surface area contributed by atoms with Crippen molar-refractivity contribution in [3.8, 4) is 16.8 Å². The van der Waals surface area contributed by atoms with Crippen LogP contribution in [0.4, 0.5) is 0 Å². The average Bonchev–Trinajstić information content (AvgIpc) is 3.94. The molecule has 260 valence electrons. The SMILES string of the molecule is O=S1c2cc(-c3cc4c5ccccc5n5c6ccccc6c(=S)n6c7ccccc7c3c6c45)ccc2-n2c3ccccc3c3ccc4c5ccccc5n1c4c32. The maximum absolute atomic E-state index is 15.5. The van der Waals surface area contributed by atoms with E-state index in [0.29, 0.717) is 0 Å². The first-order valence-electron chi connectivity index (χ1n) is 18.8. The molecule has 5 aromatic heterocycles. The van der Waals surface area contributed by atoms with E-state index < -0.39 is 11.0 Å². The summed E-state index contributed by atoms with van der Waals surface area (Å²) in [5.41, 5.74) is 12.7. The third kappa shape index (κ3) is 3.32. The minimum absolute atomic E-state index is 0.774. The maximum Gasteiger partial charge on any atom is 0.159 e. The molecule has 0 bridgehead atoms. The first-order chi connectivity index (χ1) is 27.7. The van der Waals surface area contributed by atoms with E-state index in [1.54, 1.807) is 0 Å². The topological polar surface area (TPSA) is 35.8 Å². The van der Waals surface area contributed by atoms with Crippen molar-refractivity contribution in [1.82, 2.24) is 17.3 Å². The Hall–Kier alpha value is -6.80. The van der Waals surface area contributed by atoms with Crippen LogP contribution in [-0.4, -0.2) is 21.5 Å². The average molecular weight is 751 g/mol. The molecule has 1 aliphatic rings. The van der Waals surface area contributed by atoms with Gasteiger partial charge >= 0.3 is 0 Å². The first kappa shape index (κ1) is 29.5. The van der Waals surface area contributed by atoms with Crippen LogP contribution in [0.3, 0.4) is 0 Å². The molecule has 14 rings (SSSR count). The molecule has 0 saturated carbocycles. The molecular formula is C49H26N4OS2. The monoisotopic (exact) mass is 750 g/mol. The van der Waals surface area contributed by atoms with Crippen molar-refractivity contribution < 1.29 is 4.21 Å². The Balaban J connectivity index is 1.18. The Morgan fingerprint density at radius 2 is 0.982 bits per heavy atom. The van der Waals surface area contributed by atoms with Crippen molar-refractivity contribution in [2.75, 3.05) is 0 Å². The van der Waals surface area contributed by atoms with Gasteiger partial charge in [0.05, 0.1) is 60.2 Å². The van der Waals surface area contributed by atoms with Crippen LogP contribution in [0.15, 0.2) is 163 Å². The number of nitrogens with zero attached hydrogens (tertiary/aromatic N) is 4. The zero-order chi connectivity index (χ0) is 36.6. The molecule has 0 fully saturated rings. The Morgan fingerprint density at radius 3 is 1.71 bits per heavy atom. The summed E-state index contributed by atoms with van der Waals surface area (Å²) >= 11 is 6.45. The predicted molar refractivity (Wildman–Crippen MR) is 235 cm³/mol. The second-order valence-corrected chi connectivity index (χ2v) is 16.7. The molecule has 56 heavy (non-hydrogen) atoms. The van der Waals surface area contributed by atoms with Crippen LogP contribution in [0.2, 0.25) is 0 Å². The number of rotatable bonds is 1. The molecule has 0 amide bonds. The number of aromatic nitrogens is 4. The molecule has 0 aliphatic carbocycles. The number of hydrogen-bond donors (Lipinski definition) is 0. The largest absolute Gasteiger partial charge is 0.306 e. The van der Waals surface area contributed by atoms with Crippen molar-refractivity contribution in [2.24, 2.45) is 0 Å².